The van der Waals surface area contributed by atoms with E-state index in [1.807, 2.05) is 14.1 Å². The molecular weight excluding hydrogens is 244 g/mol. The van der Waals surface area contributed by atoms with Gasteiger partial charge in [-0.25, -0.2) is 5.43 Å². The van der Waals surface area contributed by atoms with Crippen molar-refractivity contribution in [2.75, 3.05) is 14.1 Å². The van der Waals surface area contributed by atoms with E-state index in [1.165, 1.54) is 0 Å². The molecule has 19 heavy (non-hydrogen) atoms. The second-order valence-electron chi connectivity index (χ2n) is 5.30. The van der Waals surface area contributed by atoms with Gasteiger partial charge < -0.3 is 10.2 Å². The lowest BCUT2D eigenvalue weighted by Gasteiger charge is -2.35. The Kier molecular flexibility index (Phi) is 4.52. The minimum atomic E-state index is -0.117. The van der Waals surface area contributed by atoms with Crippen molar-refractivity contribution in [3.8, 4) is 0 Å². The molecule has 0 aromatic heterocycles. The summed E-state index contributed by atoms with van der Waals surface area (Å²) in [5.41, 5.74) is 2.85. The lowest BCUT2D eigenvalue weighted by molar-refractivity contribution is -0.125. The largest absolute Gasteiger partial charge is 0.338 e. The summed E-state index contributed by atoms with van der Waals surface area (Å²) in [5, 5.41) is 7.16. The lowest BCUT2D eigenvalue weighted by Crippen LogP contribution is -2.46. The lowest BCUT2D eigenvalue weighted by atomic mass is 9.90. The van der Waals surface area contributed by atoms with Crippen molar-refractivity contribution in [1.29, 1.82) is 0 Å². The number of hydrogen-bond acceptors (Lipinski definition) is 4. The Balaban J connectivity index is 1.91. The molecule has 2 N–H and O–H groups in total. The number of amides is 2. The first-order valence-electron chi connectivity index (χ1n) is 6.91. The molecule has 6 heteroatoms. The standard InChI is InChI=1S/C13H22N4O2/c1-14-9-3-5-10(6-4-9)17(2)13(19)11-7-8-12(18)16-15-11/h9-10,14H,3-8H2,1-2H3,(H,16,18). The van der Waals surface area contributed by atoms with Crippen LogP contribution in [0.1, 0.15) is 38.5 Å². The number of nitrogens with one attached hydrogen (secondary N) is 2. The smallest absolute Gasteiger partial charge is 0.270 e. The summed E-state index contributed by atoms with van der Waals surface area (Å²) in [7, 11) is 3.82. The maximum Gasteiger partial charge on any atom is 0.270 e. The SMILES string of the molecule is CNC1CCC(N(C)C(=O)C2=NNC(=O)CC2)CC1. The quantitative estimate of drug-likeness (QED) is 0.768. The summed E-state index contributed by atoms with van der Waals surface area (Å²) in [6.07, 6.45) is 5.04. The van der Waals surface area contributed by atoms with E-state index in [1.54, 1.807) is 4.90 Å². The van der Waals surface area contributed by atoms with E-state index in [9.17, 15) is 9.59 Å². The average Bonchev–Trinajstić information content (AvgIpc) is 2.46. The fraction of sp³-hybridized carbons (Fsp3) is 0.769. The third-order valence-corrected chi connectivity index (χ3v) is 4.12. The van der Waals surface area contributed by atoms with E-state index in [-0.39, 0.29) is 17.9 Å². The zero-order chi connectivity index (χ0) is 13.8. The number of rotatable bonds is 3. The van der Waals surface area contributed by atoms with Gasteiger partial charge in [0.2, 0.25) is 5.91 Å². The van der Waals surface area contributed by atoms with Gasteiger partial charge in [-0.05, 0) is 32.7 Å². The first-order valence-corrected chi connectivity index (χ1v) is 6.91. The van der Waals surface area contributed by atoms with E-state index in [0.29, 0.717) is 24.6 Å². The van der Waals surface area contributed by atoms with Crippen molar-refractivity contribution < 1.29 is 9.59 Å². The molecule has 0 saturated heterocycles. The zero-order valence-electron chi connectivity index (χ0n) is 11.6. The normalized spacial score (nSPS) is 27.5. The number of carbonyl (C=O) groups is 2. The highest BCUT2D eigenvalue weighted by molar-refractivity contribution is 6.39. The van der Waals surface area contributed by atoms with Crippen molar-refractivity contribution in [1.82, 2.24) is 15.6 Å². The van der Waals surface area contributed by atoms with Gasteiger partial charge in [-0.15, -0.1) is 0 Å². The molecule has 6 nitrogen and oxygen atoms in total. The van der Waals surface area contributed by atoms with Crippen molar-refractivity contribution >= 4 is 17.5 Å². The molecule has 2 aliphatic rings. The molecule has 0 aromatic rings. The van der Waals surface area contributed by atoms with Crippen molar-refractivity contribution in [2.24, 2.45) is 5.10 Å². The molecule has 2 amide bonds. The molecule has 2 rings (SSSR count). The zero-order valence-corrected chi connectivity index (χ0v) is 11.6. The fourth-order valence-electron chi connectivity index (χ4n) is 2.75. The highest BCUT2D eigenvalue weighted by Crippen LogP contribution is 2.22. The third-order valence-electron chi connectivity index (χ3n) is 4.12. The molecule has 0 bridgehead atoms. The highest BCUT2D eigenvalue weighted by Gasteiger charge is 2.29. The summed E-state index contributed by atoms with van der Waals surface area (Å²) in [5.74, 6) is -0.165. The molecule has 0 atom stereocenters. The summed E-state index contributed by atoms with van der Waals surface area (Å²) in [4.78, 5) is 25.1. The van der Waals surface area contributed by atoms with Crippen LogP contribution in [-0.4, -0.2) is 48.6 Å². The summed E-state index contributed by atoms with van der Waals surface area (Å²) in [6.45, 7) is 0. The van der Waals surface area contributed by atoms with Crippen molar-refractivity contribution in [3.63, 3.8) is 0 Å². The topological polar surface area (TPSA) is 73.8 Å². The Hall–Kier alpha value is -1.43. The van der Waals surface area contributed by atoms with Gasteiger partial charge in [0.1, 0.15) is 5.71 Å². The predicted molar refractivity (Wildman–Crippen MR) is 72.7 cm³/mol. The summed E-state index contributed by atoms with van der Waals surface area (Å²) < 4.78 is 0. The molecule has 0 radical (unpaired) electrons. The van der Waals surface area contributed by atoms with Crippen molar-refractivity contribution in [3.05, 3.63) is 0 Å². The molecule has 0 spiro atoms. The predicted octanol–water partition coefficient (Wildman–Crippen LogP) is 0.241. The number of hydrazone groups is 1. The number of carbonyl (C=O) groups excluding carboxylic acids is 2. The van der Waals surface area contributed by atoms with Gasteiger partial charge in [-0.1, -0.05) is 0 Å². The van der Waals surface area contributed by atoms with Crippen LogP contribution in [0.4, 0.5) is 0 Å². The van der Waals surface area contributed by atoms with Gasteiger partial charge in [-0.3, -0.25) is 9.59 Å². The number of nitrogens with zero attached hydrogens (tertiary/aromatic N) is 2. The van der Waals surface area contributed by atoms with Crippen molar-refractivity contribution in [2.45, 2.75) is 50.6 Å². The van der Waals surface area contributed by atoms with Crippen LogP contribution < -0.4 is 10.7 Å². The van der Waals surface area contributed by atoms with Gasteiger partial charge in [0.15, 0.2) is 0 Å². The van der Waals surface area contributed by atoms with E-state index in [0.717, 1.165) is 25.7 Å². The van der Waals surface area contributed by atoms with Crippen LogP contribution in [0.3, 0.4) is 0 Å². The second-order valence-corrected chi connectivity index (χ2v) is 5.30. The van der Waals surface area contributed by atoms with E-state index in [2.05, 4.69) is 15.8 Å². The fourth-order valence-corrected chi connectivity index (χ4v) is 2.75. The Morgan fingerprint density at radius 3 is 2.53 bits per heavy atom. The van der Waals surface area contributed by atoms with Gasteiger partial charge in [0.25, 0.3) is 5.91 Å². The van der Waals surface area contributed by atoms with Crippen LogP contribution in [0.2, 0.25) is 0 Å². The Morgan fingerprint density at radius 2 is 2.00 bits per heavy atom. The maximum atomic E-state index is 12.3. The summed E-state index contributed by atoms with van der Waals surface area (Å²) >= 11 is 0. The second kappa shape index (κ2) is 6.14. The minimum Gasteiger partial charge on any atom is -0.338 e. The van der Waals surface area contributed by atoms with Crippen LogP contribution in [0.15, 0.2) is 5.10 Å². The third kappa shape index (κ3) is 3.32. The maximum absolute atomic E-state index is 12.3. The van der Waals surface area contributed by atoms with E-state index < -0.39 is 0 Å². The molecule has 106 valence electrons. The average molecular weight is 266 g/mol. The van der Waals surface area contributed by atoms with Gasteiger partial charge in [0.05, 0.1) is 0 Å². The molecule has 1 aliphatic heterocycles. The Bertz CT molecular complexity index is 386. The number of hydrogen-bond donors (Lipinski definition) is 2. The molecule has 1 saturated carbocycles. The van der Waals surface area contributed by atoms with Crippen LogP contribution in [-0.2, 0) is 9.59 Å². The molecule has 1 fully saturated rings. The van der Waals surface area contributed by atoms with Crippen LogP contribution in [0.5, 0.6) is 0 Å². The first kappa shape index (κ1) is 14.0. The highest BCUT2D eigenvalue weighted by atomic mass is 16.2. The summed E-state index contributed by atoms with van der Waals surface area (Å²) in [6, 6.07) is 0.864. The van der Waals surface area contributed by atoms with Crippen LogP contribution >= 0.6 is 0 Å². The van der Waals surface area contributed by atoms with Crippen LogP contribution in [0, 0.1) is 0 Å². The first-order chi connectivity index (χ1) is 9.11. The molecule has 0 unspecified atom stereocenters. The molecule has 0 aromatic carbocycles. The van der Waals surface area contributed by atoms with Gasteiger partial charge in [-0.2, -0.15) is 5.10 Å². The molecule has 1 aliphatic carbocycles. The van der Waals surface area contributed by atoms with Gasteiger partial charge >= 0.3 is 0 Å². The van der Waals surface area contributed by atoms with Gasteiger partial charge in [0, 0.05) is 32.0 Å². The van der Waals surface area contributed by atoms with Crippen LogP contribution in [0.25, 0.3) is 0 Å². The Morgan fingerprint density at radius 1 is 1.32 bits per heavy atom. The van der Waals surface area contributed by atoms with E-state index >= 15 is 0 Å². The minimum absolute atomic E-state index is 0.0482. The monoisotopic (exact) mass is 266 g/mol. The van der Waals surface area contributed by atoms with E-state index in [4.69, 9.17) is 0 Å². The molecule has 1 heterocycles. The molecular formula is C13H22N4O2. The Labute approximate surface area is 113 Å².